The molecule has 0 unspecified atom stereocenters. The summed E-state index contributed by atoms with van der Waals surface area (Å²) in [5, 5.41) is 0.561. The van der Waals surface area contributed by atoms with E-state index in [-0.39, 0.29) is 5.91 Å². The Morgan fingerprint density at radius 2 is 1.86 bits per heavy atom. The molecule has 0 spiro atoms. The van der Waals surface area contributed by atoms with Crippen molar-refractivity contribution in [1.29, 1.82) is 0 Å². The molecule has 0 bridgehead atoms. The van der Waals surface area contributed by atoms with Crippen LogP contribution in [0.15, 0.2) is 36.4 Å². The van der Waals surface area contributed by atoms with E-state index in [1.807, 2.05) is 32.0 Å². The van der Waals surface area contributed by atoms with Gasteiger partial charge in [0.15, 0.2) is 0 Å². The fraction of sp³-hybridized carbons (Fsp3) is 0.235. The largest absolute Gasteiger partial charge is 0.495 e. The van der Waals surface area contributed by atoms with Crippen molar-refractivity contribution in [2.24, 2.45) is 0 Å². The summed E-state index contributed by atoms with van der Waals surface area (Å²) in [5.41, 5.74) is 3.32. The van der Waals surface area contributed by atoms with Crippen LogP contribution in [0.4, 0.5) is 5.69 Å². The summed E-state index contributed by atoms with van der Waals surface area (Å²) in [6.07, 6.45) is 0. The quantitative estimate of drug-likeness (QED) is 0.848. The molecule has 0 aliphatic carbocycles. The third-order valence-corrected chi connectivity index (χ3v) is 3.67. The Kier molecular flexibility index (Phi) is 4.53. The summed E-state index contributed by atoms with van der Waals surface area (Å²) in [6.45, 7) is 3.89. The fourth-order valence-electron chi connectivity index (χ4n) is 2.18. The predicted molar refractivity (Wildman–Crippen MR) is 86.7 cm³/mol. The van der Waals surface area contributed by atoms with Crippen molar-refractivity contribution >= 4 is 23.2 Å². The molecule has 4 heteroatoms. The molecule has 2 aromatic carbocycles. The van der Waals surface area contributed by atoms with Crippen molar-refractivity contribution in [2.75, 3.05) is 19.1 Å². The molecule has 1 amide bonds. The first-order valence-corrected chi connectivity index (χ1v) is 7.00. The number of aryl methyl sites for hydroxylation is 2. The molecule has 0 heterocycles. The lowest BCUT2D eigenvalue weighted by atomic mass is 10.0. The van der Waals surface area contributed by atoms with E-state index >= 15 is 0 Å². The van der Waals surface area contributed by atoms with Crippen LogP contribution in [-0.2, 0) is 0 Å². The zero-order chi connectivity index (χ0) is 15.6. The topological polar surface area (TPSA) is 29.5 Å². The summed E-state index contributed by atoms with van der Waals surface area (Å²) < 4.78 is 5.31. The van der Waals surface area contributed by atoms with Crippen molar-refractivity contribution in [3.05, 3.63) is 58.1 Å². The second-order valence-electron chi connectivity index (χ2n) is 5.00. The van der Waals surface area contributed by atoms with Crippen molar-refractivity contribution in [2.45, 2.75) is 13.8 Å². The number of anilines is 1. The monoisotopic (exact) mass is 303 g/mol. The van der Waals surface area contributed by atoms with Gasteiger partial charge in [0.05, 0.1) is 12.8 Å². The zero-order valence-electron chi connectivity index (χ0n) is 12.6. The van der Waals surface area contributed by atoms with Crippen LogP contribution in [-0.4, -0.2) is 20.1 Å². The first kappa shape index (κ1) is 15.4. The van der Waals surface area contributed by atoms with E-state index in [2.05, 4.69) is 0 Å². The van der Waals surface area contributed by atoms with Crippen molar-refractivity contribution < 1.29 is 9.53 Å². The van der Waals surface area contributed by atoms with Gasteiger partial charge in [0.25, 0.3) is 5.91 Å². The lowest BCUT2D eigenvalue weighted by Gasteiger charge is -2.21. The van der Waals surface area contributed by atoms with E-state index in [9.17, 15) is 4.79 Å². The number of methoxy groups -OCH3 is 1. The van der Waals surface area contributed by atoms with Gasteiger partial charge in [0.2, 0.25) is 0 Å². The second kappa shape index (κ2) is 6.19. The fourth-order valence-corrected chi connectivity index (χ4v) is 2.35. The zero-order valence-corrected chi connectivity index (χ0v) is 13.4. The first-order chi connectivity index (χ1) is 9.93. The molecular formula is C17H18ClNO2. The minimum atomic E-state index is -0.0863. The van der Waals surface area contributed by atoms with Gasteiger partial charge in [-0.05, 0) is 43.7 Å². The smallest absolute Gasteiger partial charge is 0.258 e. The molecule has 3 nitrogen and oxygen atoms in total. The standard InChI is InChI=1S/C17H18ClNO2/c1-11-5-6-12(2)14(9-11)17(20)19(3)15-10-13(18)7-8-16(15)21-4/h5-10H,1-4H3. The van der Waals surface area contributed by atoms with Crippen LogP contribution in [0.1, 0.15) is 21.5 Å². The number of ether oxygens (including phenoxy) is 1. The van der Waals surface area contributed by atoms with Crippen LogP contribution in [0.3, 0.4) is 0 Å². The SMILES string of the molecule is COc1ccc(Cl)cc1N(C)C(=O)c1cc(C)ccc1C. The van der Waals surface area contributed by atoms with Crippen LogP contribution >= 0.6 is 11.6 Å². The highest BCUT2D eigenvalue weighted by molar-refractivity contribution is 6.31. The minimum absolute atomic E-state index is 0.0863. The van der Waals surface area contributed by atoms with Crippen molar-refractivity contribution in [3.8, 4) is 5.75 Å². The van der Waals surface area contributed by atoms with Gasteiger partial charge in [-0.25, -0.2) is 0 Å². The maximum atomic E-state index is 12.7. The number of carbonyl (C=O) groups is 1. The number of benzene rings is 2. The molecule has 2 aromatic rings. The highest BCUT2D eigenvalue weighted by Gasteiger charge is 2.19. The highest BCUT2D eigenvalue weighted by atomic mass is 35.5. The van der Waals surface area contributed by atoms with Crippen LogP contribution < -0.4 is 9.64 Å². The second-order valence-corrected chi connectivity index (χ2v) is 5.44. The van der Waals surface area contributed by atoms with Crippen molar-refractivity contribution in [3.63, 3.8) is 0 Å². The van der Waals surface area contributed by atoms with E-state index < -0.39 is 0 Å². The number of hydrogen-bond donors (Lipinski definition) is 0. The maximum Gasteiger partial charge on any atom is 0.258 e. The molecule has 2 rings (SSSR count). The Morgan fingerprint density at radius 3 is 2.52 bits per heavy atom. The van der Waals surface area contributed by atoms with Crippen LogP contribution in [0, 0.1) is 13.8 Å². The minimum Gasteiger partial charge on any atom is -0.495 e. The third kappa shape index (κ3) is 3.19. The van der Waals surface area contributed by atoms with Gasteiger partial charge in [-0.3, -0.25) is 4.79 Å². The lowest BCUT2D eigenvalue weighted by molar-refractivity contribution is 0.0991. The normalized spacial score (nSPS) is 10.3. The molecule has 0 aliphatic heterocycles. The van der Waals surface area contributed by atoms with E-state index in [1.54, 1.807) is 37.3 Å². The van der Waals surface area contributed by atoms with Gasteiger partial charge < -0.3 is 9.64 Å². The van der Waals surface area contributed by atoms with Gasteiger partial charge in [0.1, 0.15) is 5.75 Å². The lowest BCUT2D eigenvalue weighted by Crippen LogP contribution is -2.27. The Hall–Kier alpha value is -2.00. The maximum absolute atomic E-state index is 12.7. The molecule has 0 atom stereocenters. The van der Waals surface area contributed by atoms with Crippen molar-refractivity contribution in [1.82, 2.24) is 0 Å². The number of rotatable bonds is 3. The average molecular weight is 304 g/mol. The molecule has 0 fully saturated rings. The summed E-state index contributed by atoms with van der Waals surface area (Å²) in [4.78, 5) is 14.3. The number of carbonyl (C=O) groups excluding carboxylic acids is 1. The molecule has 0 N–H and O–H groups in total. The molecule has 0 aliphatic rings. The van der Waals surface area contributed by atoms with Gasteiger partial charge in [0, 0.05) is 17.6 Å². The third-order valence-electron chi connectivity index (χ3n) is 3.43. The number of halogens is 1. The Balaban J connectivity index is 2.44. The number of nitrogens with zero attached hydrogens (tertiary/aromatic N) is 1. The van der Waals surface area contributed by atoms with Gasteiger partial charge in [-0.1, -0.05) is 29.3 Å². The Bertz CT molecular complexity index is 682. The molecule has 0 saturated carbocycles. The average Bonchev–Trinajstić information content (AvgIpc) is 2.48. The van der Waals surface area contributed by atoms with E-state index in [0.717, 1.165) is 11.1 Å². The summed E-state index contributed by atoms with van der Waals surface area (Å²) in [7, 11) is 3.29. The summed E-state index contributed by atoms with van der Waals surface area (Å²) in [5.74, 6) is 0.525. The number of hydrogen-bond acceptors (Lipinski definition) is 2. The van der Waals surface area contributed by atoms with Gasteiger partial charge >= 0.3 is 0 Å². The summed E-state index contributed by atoms with van der Waals surface area (Å²) >= 11 is 6.03. The molecular weight excluding hydrogens is 286 g/mol. The predicted octanol–water partition coefficient (Wildman–Crippen LogP) is 4.24. The molecule has 0 radical (unpaired) electrons. The number of amides is 1. The van der Waals surface area contributed by atoms with Gasteiger partial charge in [-0.2, -0.15) is 0 Å². The van der Waals surface area contributed by atoms with E-state index in [0.29, 0.717) is 22.0 Å². The van der Waals surface area contributed by atoms with Gasteiger partial charge in [-0.15, -0.1) is 0 Å². The van der Waals surface area contributed by atoms with Crippen LogP contribution in [0.2, 0.25) is 5.02 Å². The first-order valence-electron chi connectivity index (χ1n) is 6.63. The highest BCUT2D eigenvalue weighted by Crippen LogP contribution is 2.31. The Labute approximate surface area is 130 Å². The molecule has 0 saturated heterocycles. The van der Waals surface area contributed by atoms with E-state index in [4.69, 9.17) is 16.3 Å². The van der Waals surface area contributed by atoms with Crippen LogP contribution in [0.25, 0.3) is 0 Å². The summed E-state index contributed by atoms with van der Waals surface area (Å²) in [6, 6.07) is 11.1. The molecule has 0 aromatic heterocycles. The molecule has 110 valence electrons. The van der Waals surface area contributed by atoms with Crippen LogP contribution in [0.5, 0.6) is 5.75 Å². The molecule has 21 heavy (non-hydrogen) atoms. The Morgan fingerprint density at radius 1 is 1.14 bits per heavy atom. The van der Waals surface area contributed by atoms with E-state index in [1.165, 1.54) is 0 Å².